The zero-order valence-electron chi connectivity index (χ0n) is 25.0. The summed E-state index contributed by atoms with van der Waals surface area (Å²) >= 11 is 0. The molecular formula is C31H34F2N8O3S. The summed E-state index contributed by atoms with van der Waals surface area (Å²) in [6.45, 7) is 3.15. The van der Waals surface area contributed by atoms with Gasteiger partial charge >= 0.3 is 0 Å². The van der Waals surface area contributed by atoms with E-state index in [2.05, 4.69) is 37.4 Å². The van der Waals surface area contributed by atoms with Crippen molar-refractivity contribution in [3.8, 4) is 11.1 Å². The summed E-state index contributed by atoms with van der Waals surface area (Å²) in [6, 6.07) is 11.6. The van der Waals surface area contributed by atoms with E-state index in [1.54, 1.807) is 21.1 Å². The Morgan fingerprint density at radius 2 is 1.84 bits per heavy atom. The van der Waals surface area contributed by atoms with Crippen LogP contribution in [0, 0.1) is 17.0 Å². The number of aryl methyl sites for hydroxylation is 1. The molecule has 0 amide bonds. The van der Waals surface area contributed by atoms with Crippen molar-refractivity contribution in [1.82, 2.24) is 24.1 Å². The highest BCUT2D eigenvalue weighted by Gasteiger charge is 2.48. The molecule has 3 fully saturated rings. The molecule has 1 spiro atoms. The van der Waals surface area contributed by atoms with Crippen LogP contribution in [0.25, 0.3) is 11.1 Å². The maximum atomic E-state index is 14.7. The second-order valence-electron chi connectivity index (χ2n) is 12.2. The first-order valence-corrected chi connectivity index (χ1v) is 16.7. The van der Waals surface area contributed by atoms with Crippen LogP contribution in [-0.4, -0.2) is 71.5 Å². The van der Waals surface area contributed by atoms with Gasteiger partial charge in [0.2, 0.25) is 10.0 Å². The Hall–Kier alpha value is -4.14. The monoisotopic (exact) mass is 636 g/mol. The molecule has 0 saturated carbocycles. The van der Waals surface area contributed by atoms with Crippen LogP contribution < -0.4 is 15.3 Å². The lowest BCUT2D eigenvalue weighted by Crippen LogP contribution is -2.61. The molecule has 45 heavy (non-hydrogen) atoms. The van der Waals surface area contributed by atoms with E-state index in [0.29, 0.717) is 37.8 Å². The van der Waals surface area contributed by atoms with Crippen molar-refractivity contribution in [2.75, 3.05) is 54.3 Å². The van der Waals surface area contributed by atoms with Gasteiger partial charge in [-0.2, -0.15) is 5.10 Å². The first-order valence-electron chi connectivity index (χ1n) is 14.9. The highest BCUT2D eigenvalue weighted by molar-refractivity contribution is 7.88. The van der Waals surface area contributed by atoms with Crippen molar-refractivity contribution in [3.05, 3.63) is 78.4 Å². The predicted molar refractivity (Wildman–Crippen MR) is 166 cm³/mol. The molecule has 0 unspecified atom stereocenters. The van der Waals surface area contributed by atoms with Crippen molar-refractivity contribution in [3.63, 3.8) is 0 Å². The Bertz CT molecular complexity index is 1840. The van der Waals surface area contributed by atoms with E-state index < -0.39 is 27.7 Å². The van der Waals surface area contributed by atoms with Crippen molar-refractivity contribution in [1.29, 1.82) is 0 Å². The van der Waals surface area contributed by atoms with Crippen molar-refractivity contribution in [2.45, 2.75) is 25.3 Å². The molecule has 2 aromatic carbocycles. The van der Waals surface area contributed by atoms with Gasteiger partial charge in [0, 0.05) is 79.8 Å². The minimum atomic E-state index is -3.16. The van der Waals surface area contributed by atoms with Crippen LogP contribution in [0.4, 0.5) is 31.8 Å². The lowest BCUT2D eigenvalue weighted by molar-refractivity contribution is 0.0443. The van der Waals surface area contributed by atoms with Gasteiger partial charge in [-0.3, -0.25) is 9.52 Å². The van der Waals surface area contributed by atoms with Crippen LogP contribution in [0.2, 0.25) is 0 Å². The Labute approximate surface area is 260 Å². The molecule has 0 bridgehead atoms. The maximum Gasteiger partial charge on any atom is 0.211 e. The number of anilines is 4. The number of aromatic nitrogens is 4. The van der Waals surface area contributed by atoms with E-state index in [4.69, 9.17) is 4.84 Å². The highest BCUT2D eigenvalue weighted by atomic mass is 32.2. The van der Waals surface area contributed by atoms with Gasteiger partial charge in [0.05, 0.1) is 25.1 Å². The molecule has 3 aliphatic rings. The number of hydrogen-bond donors (Lipinski definition) is 1. The third-order valence-corrected chi connectivity index (χ3v) is 10.2. The van der Waals surface area contributed by atoms with Gasteiger partial charge in [-0.25, -0.2) is 36.5 Å². The van der Waals surface area contributed by atoms with E-state index in [1.807, 2.05) is 25.5 Å². The molecule has 1 atom stereocenters. The second kappa shape index (κ2) is 11.3. The van der Waals surface area contributed by atoms with Crippen LogP contribution in [0.5, 0.6) is 0 Å². The molecule has 7 rings (SSSR count). The Morgan fingerprint density at radius 3 is 2.58 bits per heavy atom. The van der Waals surface area contributed by atoms with E-state index in [9.17, 15) is 17.2 Å². The van der Waals surface area contributed by atoms with E-state index >= 15 is 0 Å². The zero-order valence-corrected chi connectivity index (χ0v) is 25.8. The number of halogens is 2. The molecule has 5 heterocycles. The number of benzene rings is 2. The molecule has 0 radical (unpaired) electrons. The first-order chi connectivity index (χ1) is 21.6. The minimum absolute atomic E-state index is 0.0446. The van der Waals surface area contributed by atoms with Gasteiger partial charge in [-0.15, -0.1) is 0 Å². The summed E-state index contributed by atoms with van der Waals surface area (Å²) in [5.41, 5.74) is 4.04. The largest absolute Gasteiger partial charge is 0.371 e. The molecule has 14 heteroatoms. The minimum Gasteiger partial charge on any atom is -0.371 e. The van der Waals surface area contributed by atoms with Crippen molar-refractivity contribution in [2.24, 2.45) is 12.5 Å². The van der Waals surface area contributed by atoms with Crippen LogP contribution in [-0.2, 0) is 21.9 Å². The molecule has 1 N–H and O–H groups in total. The third kappa shape index (κ3) is 5.85. The smallest absolute Gasteiger partial charge is 0.211 e. The molecule has 2 aromatic heterocycles. The van der Waals surface area contributed by atoms with Gasteiger partial charge in [0.1, 0.15) is 12.1 Å². The number of sulfonamides is 1. The molecule has 11 nitrogen and oxygen atoms in total. The number of nitrogens with one attached hydrogen (secondary N) is 1. The lowest BCUT2D eigenvalue weighted by Gasteiger charge is -2.53. The van der Waals surface area contributed by atoms with Gasteiger partial charge in [-0.1, -0.05) is 12.1 Å². The van der Waals surface area contributed by atoms with Gasteiger partial charge in [0.15, 0.2) is 17.5 Å². The zero-order chi connectivity index (χ0) is 31.3. The number of rotatable bonds is 7. The standard InChI is InChI=1S/C31H34F2N8O3S/c1-38-17-22(16-36-38)21-12-23(14-24(13-21)39-9-7-31(8-10-39)18-40(19-31)45(2,42)43)37-28-15-29(35-20-34-28)41-27(6-11-44-41)25-4-3-5-26(32)30(25)33/h3-5,12-17,20,27H,6-11,18-19H2,1-2H3,(H,34,35,37)/t27-/m1/s1. The molecule has 3 saturated heterocycles. The summed E-state index contributed by atoms with van der Waals surface area (Å²) in [5, 5.41) is 9.27. The average Bonchev–Trinajstić information content (AvgIpc) is 3.66. The Morgan fingerprint density at radius 1 is 1.04 bits per heavy atom. The van der Waals surface area contributed by atoms with Gasteiger partial charge in [-0.05, 0) is 42.7 Å². The fraction of sp³-hybridized carbons (Fsp3) is 0.387. The molecular weight excluding hydrogens is 602 g/mol. The fourth-order valence-corrected chi connectivity index (χ4v) is 7.55. The molecule has 0 aliphatic carbocycles. The predicted octanol–water partition coefficient (Wildman–Crippen LogP) is 4.64. The summed E-state index contributed by atoms with van der Waals surface area (Å²) in [4.78, 5) is 16.9. The third-order valence-electron chi connectivity index (χ3n) is 9.03. The quantitative estimate of drug-likeness (QED) is 0.310. The van der Waals surface area contributed by atoms with E-state index in [0.717, 1.165) is 54.5 Å². The van der Waals surface area contributed by atoms with Crippen LogP contribution in [0.3, 0.4) is 0 Å². The van der Waals surface area contributed by atoms with Crippen LogP contribution in [0.1, 0.15) is 30.9 Å². The summed E-state index contributed by atoms with van der Waals surface area (Å²) in [5.74, 6) is -0.858. The number of hydroxylamine groups is 1. The normalized spacial score (nSPS) is 20.0. The SMILES string of the molecule is Cn1cc(-c2cc(Nc3cc(N4OCC[C@@H]4c4cccc(F)c4F)ncn3)cc(N3CCC4(CC3)CN(S(C)(=O)=O)C4)c2)cn1. The Balaban J connectivity index is 1.14. The van der Waals surface area contributed by atoms with Crippen LogP contribution in [0.15, 0.2) is 61.2 Å². The van der Waals surface area contributed by atoms with Crippen LogP contribution >= 0.6 is 0 Å². The summed E-state index contributed by atoms with van der Waals surface area (Å²) < 4.78 is 55.9. The van der Waals surface area contributed by atoms with E-state index in [-0.39, 0.29) is 11.0 Å². The first kappa shape index (κ1) is 29.6. The average molecular weight is 637 g/mol. The number of piperidine rings is 1. The highest BCUT2D eigenvalue weighted by Crippen LogP contribution is 2.43. The van der Waals surface area contributed by atoms with Gasteiger partial charge in [0.25, 0.3) is 0 Å². The topological polar surface area (TPSA) is 109 Å². The van der Waals surface area contributed by atoms with Crippen molar-refractivity contribution >= 4 is 33.0 Å². The van der Waals surface area contributed by atoms with Gasteiger partial charge < -0.3 is 10.2 Å². The molecule has 3 aliphatic heterocycles. The Kier molecular flexibility index (Phi) is 7.45. The molecule has 4 aromatic rings. The second-order valence-corrected chi connectivity index (χ2v) is 14.2. The van der Waals surface area contributed by atoms with Crippen molar-refractivity contribution < 1.29 is 22.0 Å². The summed E-state index contributed by atoms with van der Waals surface area (Å²) in [7, 11) is -1.28. The lowest BCUT2D eigenvalue weighted by atomic mass is 9.73. The maximum absolute atomic E-state index is 14.7. The molecule has 236 valence electrons. The number of hydrogen-bond acceptors (Lipinski definition) is 9. The number of nitrogens with zero attached hydrogens (tertiary/aromatic N) is 7. The van der Waals surface area contributed by atoms with E-state index in [1.165, 1.54) is 23.7 Å². The summed E-state index contributed by atoms with van der Waals surface area (Å²) in [6.07, 6.45) is 8.77. The fourth-order valence-electron chi connectivity index (χ4n) is 6.53.